The molecule has 1 atom stereocenters. The Morgan fingerprint density at radius 2 is 1.13 bits per heavy atom. The number of hydrogen-bond acceptors (Lipinski definition) is 6. The highest BCUT2D eigenvalue weighted by Crippen LogP contribution is 2.13. The summed E-state index contributed by atoms with van der Waals surface area (Å²) < 4.78 is 63.5. The van der Waals surface area contributed by atoms with E-state index in [1.54, 1.807) is 21.1 Å². The van der Waals surface area contributed by atoms with Crippen molar-refractivity contribution in [3.63, 3.8) is 0 Å². The molecule has 0 aromatic carbocycles. The van der Waals surface area contributed by atoms with E-state index in [1.807, 2.05) is 13.8 Å². The molecular weight excluding hydrogens is 446 g/mol. The third-order valence-electron chi connectivity index (χ3n) is 3.08. The van der Waals surface area contributed by atoms with Crippen molar-refractivity contribution < 1.29 is 55.7 Å². The summed E-state index contributed by atoms with van der Waals surface area (Å²) in [6.07, 6.45) is -9.97. The predicted octanol–water partition coefficient (Wildman–Crippen LogP) is 0.295. The molecule has 0 aliphatic heterocycles. The number of carbonyl (C=O) groups is 4. The normalized spacial score (nSPS) is 12.0. The van der Waals surface area contributed by atoms with Gasteiger partial charge >= 0.3 is 24.3 Å². The fraction of sp³-hybridized carbons (Fsp3) is 0.733. The highest BCUT2D eigenvalue weighted by atomic mass is 19.4. The number of amides is 2. The molecule has 0 rings (SSSR count). The maximum atomic E-state index is 11.7. The zero-order valence-electron chi connectivity index (χ0n) is 17.2. The van der Waals surface area contributed by atoms with Gasteiger partial charge in [0.1, 0.15) is 6.04 Å². The summed E-state index contributed by atoms with van der Waals surface area (Å²) in [5.74, 6) is -5.78. The maximum Gasteiger partial charge on any atom is 0.490 e. The largest absolute Gasteiger partial charge is 0.490 e. The molecule has 1 unspecified atom stereocenters. The molecule has 0 saturated heterocycles. The van der Waals surface area contributed by atoms with Crippen molar-refractivity contribution in [3.8, 4) is 0 Å². The van der Waals surface area contributed by atoms with Crippen molar-refractivity contribution >= 4 is 23.8 Å². The smallest absolute Gasteiger partial charge is 0.475 e. The minimum absolute atomic E-state index is 0.0570. The van der Waals surface area contributed by atoms with Crippen LogP contribution in [0.5, 0.6) is 0 Å². The van der Waals surface area contributed by atoms with E-state index in [0.29, 0.717) is 0 Å². The lowest BCUT2D eigenvalue weighted by Gasteiger charge is -2.22. The SMILES string of the molecule is CNC(=O)C(NC(=O)CC(NC)NC)C(C)C.O=C(O)C(F)(F)F.O=C(O)C(F)(F)F. The van der Waals surface area contributed by atoms with E-state index in [1.165, 1.54) is 0 Å². The third-order valence-corrected chi connectivity index (χ3v) is 3.08. The van der Waals surface area contributed by atoms with Gasteiger partial charge in [0.2, 0.25) is 11.8 Å². The number of aliphatic carboxylic acids is 2. The van der Waals surface area contributed by atoms with E-state index in [0.717, 1.165) is 0 Å². The third kappa shape index (κ3) is 17.9. The van der Waals surface area contributed by atoms with Crippen LogP contribution in [0.1, 0.15) is 20.3 Å². The molecule has 0 saturated carbocycles. The summed E-state index contributed by atoms with van der Waals surface area (Å²) >= 11 is 0. The number of likely N-dealkylation sites (N-methyl/N-ethyl adjacent to an activating group) is 1. The maximum absolute atomic E-state index is 11.7. The molecule has 0 fully saturated rings. The minimum atomic E-state index is -5.08. The summed E-state index contributed by atoms with van der Waals surface area (Å²) in [7, 11) is 5.11. The van der Waals surface area contributed by atoms with Crippen molar-refractivity contribution in [2.24, 2.45) is 5.92 Å². The molecule has 0 spiro atoms. The van der Waals surface area contributed by atoms with Gasteiger partial charge in [0.05, 0.1) is 12.6 Å². The first-order valence-corrected chi connectivity index (χ1v) is 8.30. The molecular formula is C15H26F6N4O6. The van der Waals surface area contributed by atoms with Crippen LogP contribution >= 0.6 is 0 Å². The second kappa shape index (κ2) is 15.2. The van der Waals surface area contributed by atoms with Crippen LogP contribution in [0.4, 0.5) is 26.3 Å². The van der Waals surface area contributed by atoms with Gasteiger partial charge in [-0.1, -0.05) is 13.8 Å². The Hall–Kier alpha value is -2.62. The Morgan fingerprint density at radius 1 is 0.806 bits per heavy atom. The molecule has 0 heterocycles. The number of alkyl halides is 6. The van der Waals surface area contributed by atoms with Crippen molar-refractivity contribution in [1.82, 2.24) is 21.3 Å². The van der Waals surface area contributed by atoms with Crippen LogP contribution in [-0.4, -0.2) is 79.7 Å². The van der Waals surface area contributed by atoms with Crippen molar-refractivity contribution in [2.75, 3.05) is 21.1 Å². The zero-order valence-corrected chi connectivity index (χ0v) is 17.2. The van der Waals surface area contributed by atoms with Crippen molar-refractivity contribution in [3.05, 3.63) is 0 Å². The molecule has 10 nitrogen and oxygen atoms in total. The highest BCUT2D eigenvalue weighted by Gasteiger charge is 2.38. The summed E-state index contributed by atoms with van der Waals surface area (Å²) in [6.45, 7) is 3.79. The van der Waals surface area contributed by atoms with Crippen LogP contribution in [0.25, 0.3) is 0 Å². The van der Waals surface area contributed by atoms with Gasteiger partial charge in [-0.3, -0.25) is 9.59 Å². The van der Waals surface area contributed by atoms with Gasteiger partial charge in [0.15, 0.2) is 0 Å². The predicted molar refractivity (Wildman–Crippen MR) is 94.7 cm³/mol. The van der Waals surface area contributed by atoms with E-state index in [2.05, 4.69) is 21.3 Å². The van der Waals surface area contributed by atoms with E-state index in [-0.39, 0.29) is 30.3 Å². The Morgan fingerprint density at radius 3 is 1.32 bits per heavy atom. The summed E-state index contributed by atoms with van der Waals surface area (Å²) in [4.78, 5) is 41.1. The van der Waals surface area contributed by atoms with E-state index >= 15 is 0 Å². The molecule has 184 valence electrons. The lowest BCUT2D eigenvalue weighted by Crippen LogP contribution is -2.51. The van der Waals surface area contributed by atoms with Crippen LogP contribution in [0.15, 0.2) is 0 Å². The zero-order chi connectivity index (χ0) is 25.6. The second-order valence-electron chi connectivity index (χ2n) is 5.84. The lowest BCUT2D eigenvalue weighted by atomic mass is 10.0. The number of rotatable bonds is 7. The van der Waals surface area contributed by atoms with Crippen molar-refractivity contribution in [1.29, 1.82) is 0 Å². The first-order chi connectivity index (χ1) is 13.8. The van der Waals surface area contributed by atoms with E-state index < -0.39 is 30.3 Å². The Kier molecular flexibility index (Phi) is 16.2. The topological polar surface area (TPSA) is 157 Å². The molecule has 16 heteroatoms. The Balaban J connectivity index is -0.000000460. The van der Waals surface area contributed by atoms with Crippen LogP contribution < -0.4 is 21.3 Å². The van der Waals surface area contributed by atoms with Gasteiger partial charge in [-0.25, -0.2) is 9.59 Å². The average Bonchev–Trinajstić information content (AvgIpc) is 2.62. The number of carboxylic acids is 2. The first kappa shape index (κ1) is 33.0. The lowest BCUT2D eigenvalue weighted by molar-refractivity contribution is -0.193. The molecule has 0 aliphatic carbocycles. The molecule has 0 radical (unpaired) electrons. The number of carboxylic acid groups (broad SMARTS) is 2. The molecule has 0 bridgehead atoms. The summed E-state index contributed by atoms with van der Waals surface area (Å²) in [6, 6.07) is -0.484. The summed E-state index contributed by atoms with van der Waals surface area (Å²) in [5.41, 5.74) is 0. The fourth-order valence-corrected chi connectivity index (χ4v) is 1.46. The number of carbonyl (C=O) groups excluding carboxylic acids is 2. The molecule has 31 heavy (non-hydrogen) atoms. The van der Waals surface area contributed by atoms with Gasteiger partial charge < -0.3 is 31.5 Å². The molecule has 0 aromatic heterocycles. The van der Waals surface area contributed by atoms with Crippen LogP contribution in [0.2, 0.25) is 0 Å². The van der Waals surface area contributed by atoms with Gasteiger partial charge in [-0.15, -0.1) is 0 Å². The van der Waals surface area contributed by atoms with E-state index in [4.69, 9.17) is 19.8 Å². The Bertz CT molecular complexity index is 555. The quantitative estimate of drug-likeness (QED) is 0.228. The van der Waals surface area contributed by atoms with Gasteiger partial charge in [-0.05, 0) is 20.0 Å². The minimum Gasteiger partial charge on any atom is -0.475 e. The molecule has 0 aromatic rings. The fourth-order valence-electron chi connectivity index (χ4n) is 1.46. The molecule has 6 N–H and O–H groups in total. The average molecular weight is 472 g/mol. The Labute approximate surface area is 173 Å². The van der Waals surface area contributed by atoms with Crippen molar-refractivity contribution in [2.45, 2.75) is 44.8 Å². The number of halogens is 6. The van der Waals surface area contributed by atoms with E-state index in [9.17, 15) is 35.9 Å². The number of hydrogen-bond donors (Lipinski definition) is 6. The van der Waals surface area contributed by atoms with Crippen LogP contribution in [0.3, 0.4) is 0 Å². The van der Waals surface area contributed by atoms with Gasteiger partial charge in [-0.2, -0.15) is 26.3 Å². The van der Waals surface area contributed by atoms with Gasteiger partial charge in [0.25, 0.3) is 0 Å². The second-order valence-corrected chi connectivity index (χ2v) is 5.84. The first-order valence-electron chi connectivity index (χ1n) is 8.30. The van der Waals surface area contributed by atoms with Crippen LogP contribution in [-0.2, 0) is 19.2 Å². The monoisotopic (exact) mass is 472 g/mol. The number of nitrogens with one attached hydrogen (secondary N) is 4. The van der Waals surface area contributed by atoms with Gasteiger partial charge in [0, 0.05) is 7.05 Å². The highest BCUT2D eigenvalue weighted by molar-refractivity contribution is 5.87. The molecule has 0 aliphatic rings. The van der Waals surface area contributed by atoms with Crippen LogP contribution in [0, 0.1) is 5.92 Å². The standard InChI is InChI=1S/C11H24N4O2.2C2HF3O2/c1-7(2)10(11(17)14-5)15-9(16)6-8(12-3)13-4;2*3-2(4,5)1(6)7/h7-8,10,12-13H,6H2,1-5H3,(H,14,17)(H,15,16);2*(H,6,7). The molecule has 2 amide bonds. The summed E-state index contributed by atoms with van der Waals surface area (Å²) in [5, 5.41) is 25.4.